The van der Waals surface area contributed by atoms with Crippen LogP contribution in [0, 0.1) is 22.2 Å². The van der Waals surface area contributed by atoms with E-state index in [-0.39, 0.29) is 29.9 Å². The number of likely N-dealkylation sites (N-methyl/N-ethyl adjacent to an activating group) is 1. The molecule has 2 aliphatic heterocycles. The topological polar surface area (TPSA) is 82.9 Å². The van der Waals surface area contributed by atoms with Gasteiger partial charge in [-0.2, -0.15) is 5.26 Å². The van der Waals surface area contributed by atoms with Crippen molar-refractivity contribution in [3.8, 4) is 6.07 Å². The minimum atomic E-state index is -0.772. The van der Waals surface area contributed by atoms with Crippen molar-refractivity contribution in [3.05, 3.63) is 0 Å². The van der Waals surface area contributed by atoms with Crippen molar-refractivity contribution < 1.29 is 19.1 Å². The highest BCUT2D eigenvalue weighted by molar-refractivity contribution is 5.86. The zero-order valence-electron chi connectivity index (χ0n) is 16.5. The number of nitrogens with zero attached hydrogens (tertiary/aromatic N) is 3. The van der Waals surface area contributed by atoms with Crippen LogP contribution in [0.3, 0.4) is 0 Å². The van der Waals surface area contributed by atoms with Crippen molar-refractivity contribution in [2.75, 3.05) is 47.0 Å². The Kier molecular flexibility index (Phi) is 6.07. The van der Waals surface area contributed by atoms with E-state index in [0.29, 0.717) is 39.1 Å². The zero-order valence-corrected chi connectivity index (χ0v) is 16.5. The molecule has 0 radical (unpaired) electrons. The molecule has 0 aromatic heterocycles. The molecule has 2 amide bonds. The number of likely N-dealkylation sites (tertiary alicyclic amines) is 1. The molecule has 2 heterocycles. The molecule has 3 aliphatic rings. The van der Waals surface area contributed by atoms with E-state index in [1.54, 1.807) is 14.1 Å². The van der Waals surface area contributed by atoms with Crippen LogP contribution in [0.25, 0.3) is 0 Å². The van der Waals surface area contributed by atoms with Crippen LogP contribution in [-0.4, -0.2) is 74.7 Å². The first-order chi connectivity index (χ1) is 12.9. The van der Waals surface area contributed by atoms with E-state index in [1.165, 1.54) is 4.90 Å². The van der Waals surface area contributed by atoms with E-state index >= 15 is 0 Å². The third-order valence-corrected chi connectivity index (χ3v) is 6.51. The highest BCUT2D eigenvalue weighted by atomic mass is 16.5. The summed E-state index contributed by atoms with van der Waals surface area (Å²) in [5.74, 6) is -0.00814. The van der Waals surface area contributed by atoms with Gasteiger partial charge < -0.3 is 19.3 Å². The van der Waals surface area contributed by atoms with Gasteiger partial charge in [-0.05, 0) is 37.5 Å². The Labute approximate surface area is 161 Å². The van der Waals surface area contributed by atoms with Crippen LogP contribution in [-0.2, 0) is 19.1 Å². The Morgan fingerprint density at radius 1 is 1.22 bits per heavy atom. The molecule has 1 spiro atoms. The Morgan fingerprint density at radius 3 is 2.48 bits per heavy atom. The maximum absolute atomic E-state index is 12.9. The van der Waals surface area contributed by atoms with E-state index in [0.717, 1.165) is 32.1 Å². The molecular formula is C20H31N3O4. The molecular weight excluding hydrogens is 346 g/mol. The van der Waals surface area contributed by atoms with Crippen molar-refractivity contribution in [2.24, 2.45) is 10.8 Å². The Hall–Kier alpha value is -1.65. The van der Waals surface area contributed by atoms with E-state index in [1.807, 2.05) is 4.90 Å². The van der Waals surface area contributed by atoms with Gasteiger partial charge in [-0.15, -0.1) is 0 Å². The summed E-state index contributed by atoms with van der Waals surface area (Å²) in [6.07, 6.45) is 6.11. The average molecular weight is 377 g/mol. The lowest BCUT2D eigenvalue weighted by atomic mass is 9.76. The first-order valence-corrected chi connectivity index (χ1v) is 10.00. The number of ether oxygens (including phenoxy) is 2. The summed E-state index contributed by atoms with van der Waals surface area (Å²) in [5.41, 5.74) is -0.669. The lowest BCUT2D eigenvalue weighted by molar-refractivity contribution is -0.141. The van der Waals surface area contributed by atoms with Crippen molar-refractivity contribution in [3.63, 3.8) is 0 Å². The van der Waals surface area contributed by atoms with Crippen LogP contribution in [0.2, 0.25) is 0 Å². The molecule has 0 N–H and O–H groups in total. The molecule has 7 heteroatoms. The van der Waals surface area contributed by atoms with Gasteiger partial charge in [0.25, 0.3) is 0 Å². The van der Waals surface area contributed by atoms with E-state index in [4.69, 9.17) is 9.47 Å². The Bertz CT molecular complexity index is 599. The molecule has 1 aliphatic carbocycles. The van der Waals surface area contributed by atoms with Crippen molar-refractivity contribution in [1.82, 2.24) is 9.80 Å². The van der Waals surface area contributed by atoms with Gasteiger partial charge in [-0.1, -0.05) is 12.8 Å². The molecule has 0 bridgehead atoms. The fourth-order valence-corrected chi connectivity index (χ4v) is 4.60. The first kappa shape index (κ1) is 20.1. The van der Waals surface area contributed by atoms with Gasteiger partial charge in [0.1, 0.15) is 12.0 Å². The molecule has 1 unspecified atom stereocenters. The van der Waals surface area contributed by atoms with Gasteiger partial charge in [-0.25, -0.2) is 0 Å². The summed E-state index contributed by atoms with van der Waals surface area (Å²) in [5, 5.41) is 9.55. The maximum atomic E-state index is 12.9. The number of carbonyl (C=O) groups is 2. The molecule has 0 aromatic carbocycles. The average Bonchev–Trinajstić information content (AvgIpc) is 3.30. The SMILES string of the molecule is CN(C)C(=O)COCC1CC2(CCN(C(=O)C3(C#N)CCCC3)CC2)CO1. The van der Waals surface area contributed by atoms with Crippen molar-refractivity contribution in [1.29, 1.82) is 5.26 Å². The Balaban J connectivity index is 1.46. The van der Waals surface area contributed by atoms with Crippen molar-refractivity contribution >= 4 is 11.8 Å². The predicted molar refractivity (Wildman–Crippen MR) is 98.6 cm³/mol. The second-order valence-corrected chi connectivity index (χ2v) is 8.63. The second-order valence-electron chi connectivity index (χ2n) is 8.63. The summed E-state index contributed by atoms with van der Waals surface area (Å²) in [4.78, 5) is 27.9. The summed E-state index contributed by atoms with van der Waals surface area (Å²) >= 11 is 0. The van der Waals surface area contributed by atoms with Gasteiger partial charge in [0.15, 0.2) is 0 Å². The predicted octanol–water partition coefficient (Wildman–Crippen LogP) is 1.57. The minimum Gasteiger partial charge on any atom is -0.375 e. The molecule has 7 nitrogen and oxygen atoms in total. The summed E-state index contributed by atoms with van der Waals surface area (Å²) in [6, 6.07) is 2.32. The van der Waals surface area contributed by atoms with Gasteiger partial charge in [0, 0.05) is 27.2 Å². The second kappa shape index (κ2) is 8.15. The van der Waals surface area contributed by atoms with Crippen LogP contribution in [0.15, 0.2) is 0 Å². The molecule has 2 saturated heterocycles. The standard InChI is InChI=1S/C20H31N3O4/c1-22(2)17(24)13-26-12-16-11-19(15-27-16)7-9-23(10-8-19)18(25)20(14-21)5-3-4-6-20/h16H,3-13,15H2,1-2H3. The third-order valence-electron chi connectivity index (χ3n) is 6.51. The number of rotatable bonds is 5. The minimum absolute atomic E-state index is 0.0162. The monoisotopic (exact) mass is 377 g/mol. The van der Waals surface area contributed by atoms with Gasteiger partial charge in [0.2, 0.25) is 11.8 Å². The fraction of sp³-hybridized carbons (Fsp3) is 0.850. The number of hydrogen-bond donors (Lipinski definition) is 0. The van der Waals surface area contributed by atoms with Crippen LogP contribution in [0.4, 0.5) is 0 Å². The maximum Gasteiger partial charge on any atom is 0.248 e. The number of hydrogen-bond acceptors (Lipinski definition) is 5. The molecule has 0 aromatic rings. The normalized spacial score (nSPS) is 26.1. The summed E-state index contributed by atoms with van der Waals surface area (Å²) in [7, 11) is 3.42. The van der Waals surface area contributed by atoms with Crippen molar-refractivity contribution in [2.45, 2.75) is 51.0 Å². The van der Waals surface area contributed by atoms with Crippen LogP contribution in [0.5, 0.6) is 0 Å². The Morgan fingerprint density at radius 2 is 1.89 bits per heavy atom. The van der Waals surface area contributed by atoms with E-state index in [2.05, 4.69) is 6.07 Å². The van der Waals surface area contributed by atoms with E-state index < -0.39 is 5.41 Å². The quantitative estimate of drug-likeness (QED) is 0.726. The highest BCUT2D eigenvalue weighted by Crippen LogP contribution is 2.44. The van der Waals surface area contributed by atoms with Crippen LogP contribution in [0.1, 0.15) is 44.9 Å². The summed E-state index contributed by atoms with van der Waals surface area (Å²) < 4.78 is 11.4. The molecule has 1 saturated carbocycles. The zero-order chi connectivity index (χ0) is 19.5. The molecule has 3 fully saturated rings. The van der Waals surface area contributed by atoms with Gasteiger partial charge in [0.05, 0.1) is 25.4 Å². The summed E-state index contributed by atoms with van der Waals surface area (Å²) in [6.45, 7) is 2.62. The molecule has 1 atom stereocenters. The van der Waals surface area contributed by atoms with Gasteiger partial charge in [-0.3, -0.25) is 9.59 Å². The van der Waals surface area contributed by atoms with Gasteiger partial charge >= 0.3 is 0 Å². The fourth-order valence-electron chi connectivity index (χ4n) is 4.60. The molecule has 150 valence electrons. The molecule has 3 rings (SSSR count). The lowest BCUT2D eigenvalue weighted by Gasteiger charge is -2.40. The lowest BCUT2D eigenvalue weighted by Crippen LogP contribution is -2.48. The number of carbonyl (C=O) groups excluding carboxylic acids is 2. The third kappa shape index (κ3) is 4.27. The largest absolute Gasteiger partial charge is 0.375 e. The first-order valence-electron chi connectivity index (χ1n) is 10.00. The number of amides is 2. The van der Waals surface area contributed by atoms with Crippen LogP contribution < -0.4 is 0 Å². The number of piperidine rings is 1. The van der Waals surface area contributed by atoms with Crippen LogP contribution >= 0.6 is 0 Å². The smallest absolute Gasteiger partial charge is 0.248 e. The molecule has 27 heavy (non-hydrogen) atoms. The van der Waals surface area contributed by atoms with E-state index in [9.17, 15) is 14.9 Å². The highest BCUT2D eigenvalue weighted by Gasteiger charge is 2.48. The number of nitriles is 1.